The third-order valence-electron chi connectivity index (χ3n) is 4.19. The standard InChI is InChI=1S/C17H16N4O3S/c1-10(16(22)18-9-12-4-3-6-24-12)21-17(23)14-8-15-13(5-7-25-15)20(14)11(2)19-21/h3-8,10H,9H2,1-2H3,(H,18,22)/t10-/m1/s1. The second-order valence-electron chi connectivity index (χ2n) is 5.81. The van der Waals surface area contributed by atoms with Crippen LogP contribution in [0.3, 0.4) is 0 Å². The SMILES string of the molecule is Cc1nn([C@H](C)C(=O)NCc2ccco2)c(=O)c2cc3sccc3n12. The van der Waals surface area contributed by atoms with Crippen molar-refractivity contribution >= 4 is 33.0 Å². The number of hydrogen-bond acceptors (Lipinski definition) is 5. The van der Waals surface area contributed by atoms with Gasteiger partial charge in [-0.25, -0.2) is 4.68 Å². The highest BCUT2D eigenvalue weighted by atomic mass is 32.1. The topological polar surface area (TPSA) is 81.5 Å². The molecule has 0 bridgehead atoms. The van der Waals surface area contributed by atoms with E-state index in [0.29, 0.717) is 17.1 Å². The van der Waals surface area contributed by atoms with Gasteiger partial charge in [0.25, 0.3) is 5.56 Å². The normalized spacial score (nSPS) is 12.7. The molecule has 4 aromatic rings. The molecule has 0 aliphatic carbocycles. The summed E-state index contributed by atoms with van der Waals surface area (Å²) in [7, 11) is 0. The molecule has 7 nitrogen and oxygen atoms in total. The number of nitrogens with zero attached hydrogens (tertiary/aromatic N) is 3. The Balaban J connectivity index is 1.69. The Kier molecular flexibility index (Phi) is 3.69. The van der Waals surface area contributed by atoms with Gasteiger partial charge in [-0.05, 0) is 43.5 Å². The minimum absolute atomic E-state index is 0.271. The summed E-state index contributed by atoms with van der Waals surface area (Å²) in [6, 6.07) is 6.62. The van der Waals surface area contributed by atoms with Crippen LogP contribution in [0.1, 0.15) is 24.6 Å². The van der Waals surface area contributed by atoms with Gasteiger partial charge in [0.2, 0.25) is 5.91 Å². The van der Waals surface area contributed by atoms with Crippen LogP contribution in [0.5, 0.6) is 0 Å². The van der Waals surface area contributed by atoms with Crippen LogP contribution in [0.25, 0.3) is 15.7 Å². The van der Waals surface area contributed by atoms with E-state index in [1.54, 1.807) is 36.7 Å². The monoisotopic (exact) mass is 356 g/mol. The third-order valence-corrected chi connectivity index (χ3v) is 5.04. The lowest BCUT2D eigenvalue weighted by Gasteiger charge is -2.15. The van der Waals surface area contributed by atoms with Gasteiger partial charge in [0.05, 0.1) is 23.0 Å². The van der Waals surface area contributed by atoms with Gasteiger partial charge in [0, 0.05) is 0 Å². The summed E-state index contributed by atoms with van der Waals surface area (Å²) >= 11 is 1.57. The number of carbonyl (C=O) groups excluding carboxylic acids is 1. The van der Waals surface area contributed by atoms with Crippen LogP contribution in [0, 0.1) is 6.92 Å². The fourth-order valence-electron chi connectivity index (χ4n) is 2.90. The molecule has 0 fully saturated rings. The van der Waals surface area contributed by atoms with E-state index in [-0.39, 0.29) is 18.0 Å². The average molecular weight is 356 g/mol. The van der Waals surface area contributed by atoms with Crippen molar-refractivity contribution in [2.75, 3.05) is 0 Å². The predicted octanol–water partition coefficient (Wildman–Crippen LogP) is 2.49. The summed E-state index contributed by atoms with van der Waals surface area (Å²) < 4.78 is 9.29. The largest absolute Gasteiger partial charge is 0.467 e. The van der Waals surface area contributed by atoms with Gasteiger partial charge in [-0.2, -0.15) is 5.10 Å². The molecule has 1 amide bonds. The summed E-state index contributed by atoms with van der Waals surface area (Å²) in [6.07, 6.45) is 1.55. The molecule has 128 valence electrons. The Hall–Kier alpha value is -2.87. The molecule has 0 aromatic carbocycles. The van der Waals surface area contributed by atoms with E-state index in [4.69, 9.17) is 4.42 Å². The van der Waals surface area contributed by atoms with Crippen molar-refractivity contribution in [1.29, 1.82) is 0 Å². The lowest BCUT2D eigenvalue weighted by molar-refractivity contribution is -0.124. The zero-order valence-electron chi connectivity index (χ0n) is 13.7. The lowest BCUT2D eigenvalue weighted by Crippen LogP contribution is -2.37. The molecule has 0 aliphatic rings. The molecule has 0 aliphatic heterocycles. The highest BCUT2D eigenvalue weighted by Crippen LogP contribution is 2.24. The van der Waals surface area contributed by atoms with E-state index in [1.165, 1.54) is 4.68 Å². The number of hydrogen-bond donors (Lipinski definition) is 1. The van der Waals surface area contributed by atoms with Gasteiger partial charge in [0.1, 0.15) is 23.1 Å². The van der Waals surface area contributed by atoms with Crippen molar-refractivity contribution < 1.29 is 9.21 Å². The van der Waals surface area contributed by atoms with Crippen molar-refractivity contribution in [2.24, 2.45) is 0 Å². The van der Waals surface area contributed by atoms with Gasteiger partial charge < -0.3 is 9.73 Å². The van der Waals surface area contributed by atoms with E-state index in [1.807, 2.05) is 28.8 Å². The fraction of sp³-hybridized carbons (Fsp3) is 0.235. The first kappa shape index (κ1) is 15.6. The highest BCUT2D eigenvalue weighted by Gasteiger charge is 2.21. The van der Waals surface area contributed by atoms with Crippen molar-refractivity contribution in [3.63, 3.8) is 0 Å². The number of fused-ring (bicyclic) bond motifs is 3. The smallest absolute Gasteiger partial charge is 0.291 e. The van der Waals surface area contributed by atoms with E-state index < -0.39 is 6.04 Å². The second kappa shape index (κ2) is 5.89. The molecule has 4 aromatic heterocycles. The molecule has 0 saturated carbocycles. The zero-order chi connectivity index (χ0) is 17.6. The summed E-state index contributed by atoms with van der Waals surface area (Å²) in [5.74, 6) is 1.02. The van der Waals surface area contributed by atoms with Crippen LogP contribution in [-0.4, -0.2) is 20.1 Å². The Morgan fingerprint density at radius 1 is 1.40 bits per heavy atom. The summed E-state index contributed by atoms with van der Waals surface area (Å²) in [5.41, 5.74) is 1.21. The molecular formula is C17H16N4O3S. The van der Waals surface area contributed by atoms with Crippen LogP contribution < -0.4 is 10.9 Å². The van der Waals surface area contributed by atoms with Gasteiger partial charge >= 0.3 is 0 Å². The molecule has 1 atom stereocenters. The van der Waals surface area contributed by atoms with E-state index >= 15 is 0 Å². The molecule has 25 heavy (non-hydrogen) atoms. The van der Waals surface area contributed by atoms with E-state index in [0.717, 1.165) is 10.2 Å². The van der Waals surface area contributed by atoms with Crippen LogP contribution >= 0.6 is 11.3 Å². The number of nitrogens with one attached hydrogen (secondary N) is 1. The quantitative estimate of drug-likeness (QED) is 0.609. The van der Waals surface area contributed by atoms with Gasteiger partial charge in [-0.1, -0.05) is 0 Å². The van der Waals surface area contributed by atoms with Crippen molar-refractivity contribution in [3.05, 3.63) is 57.8 Å². The molecular weight excluding hydrogens is 340 g/mol. The first-order chi connectivity index (χ1) is 12.1. The molecule has 1 N–H and O–H groups in total. The van der Waals surface area contributed by atoms with Crippen molar-refractivity contribution in [1.82, 2.24) is 19.5 Å². The average Bonchev–Trinajstić information content (AvgIpc) is 3.31. The summed E-state index contributed by atoms with van der Waals surface area (Å²) in [4.78, 5) is 25.2. The number of aromatic nitrogens is 3. The second-order valence-corrected chi connectivity index (χ2v) is 6.75. The first-order valence-electron chi connectivity index (χ1n) is 7.84. The zero-order valence-corrected chi connectivity index (χ0v) is 14.5. The van der Waals surface area contributed by atoms with E-state index in [2.05, 4.69) is 10.4 Å². The predicted molar refractivity (Wildman–Crippen MR) is 94.8 cm³/mol. The highest BCUT2D eigenvalue weighted by molar-refractivity contribution is 7.17. The number of furan rings is 1. The molecule has 4 rings (SSSR count). The first-order valence-corrected chi connectivity index (χ1v) is 8.72. The van der Waals surface area contributed by atoms with Crippen LogP contribution in [0.4, 0.5) is 0 Å². The van der Waals surface area contributed by atoms with Crippen molar-refractivity contribution in [2.45, 2.75) is 26.4 Å². The fourth-order valence-corrected chi connectivity index (χ4v) is 3.71. The molecule has 8 heteroatoms. The summed E-state index contributed by atoms with van der Waals surface area (Å²) in [5, 5.41) is 9.10. The maximum atomic E-state index is 12.8. The van der Waals surface area contributed by atoms with Crippen LogP contribution in [-0.2, 0) is 11.3 Å². The Morgan fingerprint density at radius 3 is 3.00 bits per heavy atom. The third kappa shape index (κ3) is 2.54. The maximum Gasteiger partial charge on any atom is 0.291 e. The number of aryl methyl sites for hydroxylation is 1. The van der Waals surface area contributed by atoms with Gasteiger partial charge in [-0.15, -0.1) is 11.3 Å². The number of carbonyl (C=O) groups is 1. The maximum absolute atomic E-state index is 12.8. The minimum atomic E-state index is -0.723. The Labute approximate surface area is 146 Å². The lowest BCUT2D eigenvalue weighted by atomic mass is 10.3. The Morgan fingerprint density at radius 2 is 2.24 bits per heavy atom. The molecule has 0 saturated heterocycles. The minimum Gasteiger partial charge on any atom is -0.467 e. The molecule has 4 heterocycles. The number of rotatable bonds is 4. The molecule has 0 radical (unpaired) electrons. The van der Waals surface area contributed by atoms with Gasteiger partial charge in [-0.3, -0.25) is 14.0 Å². The molecule has 0 spiro atoms. The van der Waals surface area contributed by atoms with Crippen molar-refractivity contribution in [3.8, 4) is 0 Å². The van der Waals surface area contributed by atoms with E-state index in [9.17, 15) is 9.59 Å². The number of thiophene rings is 1. The van der Waals surface area contributed by atoms with Gasteiger partial charge in [0.15, 0.2) is 0 Å². The van der Waals surface area contributed by atoms with Crippen LogP contribution in [0.15, 0.2) is 45.1 Å². The number of amides is 1. The van der Waals surface area contributed by atoms with Crippen LogP contribution in [0.2, 0.25) is 0 Å². The summed E-state index contributed by atoms with van der Waals surface area (Å²) in [6.45, 7) is 3.76. The Bertz CT molecular complexity index is 1120. The molecule has 0 unspecified atom stereocenters.